The second kappa shape index (κ2) is 10.9. The highest BCUT2D eigenvalue weighted by Crippen LogP contribution is 2.29. The number of nitrogens with zero attached hydrogens (tertiary/aromatic N) is 6. The number of hydrogen-bond acceptors (Lipinski definition) is 7. The number of hydrogen-bond donors (Lipinski definition) is 1. The third-order valence-electron chi connectivity index (χ3n) is 7.49. The number of aromatic amines is 1. The van der Waals surface area contributed by atoms with Gasteiger partial charge < -0.3 is 14.6 Å². The number of benzene rings is 3. The van der Waals surface area contributed by atoms with Crippen molar-refractivity contribution in [3.63, 3.8) is 0 Å². The third kappa shape index (κ3) is 5.17. The number of methoxy groups -OCH3 is 1. The summed E-state index contributed by atoms with van der Waals surface area (Å²) in [6.07, 6.45) is 0. The van der Waals surface area contributed by atoms with E-state index in [1.54, 1.807) is 23.9 Å². The highest BCUT2D eigenvalue weighted by molar-refractivity contribution is 5.79. The summed E-state index contributed by atoms with van der Waals surface area (Å²) in [5.41, 5.74) is 4.31. The molecule has 0 saturated carbocycles. The maximum absolute atomic E-state index is 13.5. The number of pyridine rings is 1. The molecule has 1 aliphatic heterocycles. The minimum Gasteiger partial charge on any atom is -0.497 e. The first-order valence-corrected chi connectivity index (χ1v) is 13.3. The fourth-order valence-electron chi connectivity index (χ4n) is 5.36. The molecule has 3 aromatic carbocycles. The second-order valence-corrected chi connectivity index (χ2v) is 10.1. The Morgan fingerprint density at radius 1 is 0.975 bits per heavy atom. The van der Waals surface area contributed by atoms with Gasteiger partial charge >= 0.3 is 0 Å². The average Bonchev–Trinajstić information content (AvgIpc) is 3.42. The predicted molar refractivity (Wildman–Crippen MR) is 151 cm³/mol. The molecule has 0 bridgehead atoms. The lowest BCUT2D eigenvalue weighted by Gasteiger charge is -2.39. The van der Waals surface area contributed by atoms with Gasteiger partial charge in [0, 0.05) is 42.9 Å². The van der Waals surface area contributed by atoms with Crippen LogP contribution in [0.5, 0.6) is 5.75 Å². The van der Waals surface area contributed by atoms with Gasteiger partial charge in [-0.15, -0.1) is 5.10 Å². The van der Waals surface area contributed by atoms with Crippen LogP contribution in [0.3, 0.4) is 0 Å². The van der Waals surface area contributed by atoms with Crippen molar-refractivity contribution < 1.29 is 9.13 Å². The van der Waals surface area contributed by atoms with Gasteiger partial charge in [-0.05, 0) is 82.9 Å². The van der Waals surface area contributed by atoms with Crippen LogP contribution < -0.4 is 15.2 Å². The van der Waals surface area contributed by atoms with Gasteiger partial charge in [0.2, 0.25) is 0 Å². The van der Waals surface area contributed by atoms with Crippen molar-refractivity contribution in [1.29, 1.82) is 0 Å². The van der Waals surface area contributed by atoms with Crippen LogP contribution in [-0.2, 0) is 6.54 Å². The number of halogens is 1. The lowest BCUT2D eigenvalue weighted by molar-refractivity contribution is 0.200. The van der Waals surface area contributed by atoms with Crippen LogP contribution in [0, 0.1) is 12.7 Å². The van der Waals surface area contributed by atoms with E-state index in [4.69, 9.17) is 4.74 Å². The zero-order valence-electron chi connectivity index (χ0n) is 22.4. The van der Waals surface area contributed by atoms with E-state index in [0.717, 1.165) is 33.5 Å². The second-order valence-electron chi connectivity index (χ2n) is 10.1. The molecule has 10 heteroatoms. The third-order valence-corrected chi connectivity index (χ3v) is 7.49. The average molecular weight is 540 g/mol. The van der Waals surface area contributed by atoms with Crippen molar-refractivity contribution in [2.75, 3.05) is 38.2 Å². The summed E-state index contributed by atoms with van der Waals surface area (Å²) in [6.45, 7) is 5.25. The molecule has 3 heterocycles. The van der Waals surface area contributed by atoms with Crippen molar-refractivity contribution in [3.8, 4) is 5.75 Å². The molecule has 9 nitrogen and oxygen atoms in total. The Hall–Kier alpha value is -4.57. The highest BCUT2D eigenvalue weighted by atomic mass is 19.1. The van der Waals surface area contributed by atoms with Gasteiger partial charge in [0.15, 0.2) is 5.82 Å². The van der Waals surface area contributed by atoms with Crippen molar-refractivity contribution >= 4 is 16.6 Å². The molecule has 40 heavy (non-hydrogen) atoms. The summed E-state index contributed by atoms with van der Waals surface area (Å²) in [5.74, 6) is 1.12. The number of rotatable bonds is 7. The molecule has 0 amide bonds. The lowest BCUT2D eigenvalue weighted by atomic mass is 10.0. The number of H-pyrrole nitrogens is 1. The van der Waals surface area contributed by atoms with E-state index in [2.05, 4.69) is 36.4 Å². The van der Waals surface area contributed by atoms with E-state index >= 15 is 0 Å². The molecule has 2 aromatic heterocycles. The topological polar surface area (TPSA) is 92.2 Å². The minimum atomic E-state index is -0.461. The number of aryl methyl sites for hydroxylation is 1. The van der Waals surface area contributed by atoms with Crippen LogP contribution in [0.15, 0.2) is 77.6 Å². The molecule has 0 radical (unpaired) electrons. The number of ether oxygens (including phenoxy) is 1. The molecule has 1 atom stereocenters. The Morgan fingerprint density at radius 3 is 2.45 bits per heavy atom. The number of nitrogens with one attached hydrogen (secondary N) is 1. The molecular weight excluding hydrogens is 509 g/mol. The Kier molecular flexibility index (Phi) is 7.00. The van der Waals surface area contributed by atoms with Gasteiger partial charge in [0.05, 0.1) is 13.7 Å². The van der Waals surface area contributed by atoms with Crippen LogP contribution in [-0.4, -0.2) is 63.4 Å². The first kappa shape index (κ1) is 25.7. The monoisotopic (exact) mass is 539 g/mol. The Labute approximate surface area is 230 Å². The van der Waals surface area contributed by atoms with Crippen LogP contribution >= 0.6 is 0 Å². The molecule has 204 valence electrons. The van der Waals surface area contributed by atoms with Crippen molar-refractivity contribution in [2.45, 2.75) is 19.5 Å². The van der Waals surface area contributed by atoms with Gasteiger partial charge in [-0.2, -0.15) is 0 Å². The SMILES string of the molecule is COc1ccc(Cn2nnnc2[C@H](c2cc3cc(C)ccc3[nH]c2=O)N2CCN(c3ccc(F)cc3)CC2)cc1. The molecule has 1 aliphatic rings. The minimum absolute atomic E-state index is 0.165. The van der Waals surface area contributed by atoms with Crippen LogP contribution in [0.1, 0.15) is 28.6 Å². The molecule has 0 aliphatic carbocycles. The van der Waals surface area contributed by atoms with Crippen molar-refractivity contribution in [2.24, 2.45) is 0 Å². The maximum atomic E-state index is 13.5. The molecule has 1 fully saturated rings. The van der Waals surface area contributed by atoms with Crippen LogP contribution in [0.4, 0.5) is 10.1 Å². The Balaban J connectivity index is 1.37. The van der Waals surface area contributed by atoms with E-state index in [1.807, 2.05) is 49.4 Å². The summed E-state index contributed by atoms with van der Waals surface area (Å²) in [5, 5.41) is 13.7. The molecule has 0 unspecified atom stereocenters. The first-order valence-electron chi connectivity index (χ1n) is 13.3. The lowest BCUT2D eigenvalue weighted by Crippen LogP contribution is -2.49. The Bertz CT molecular complexity index is 1670. The van der Waals surface area contributed by atoms with E-state index in [0.29, 0.717) is 44.1 Å². The molecular formula is C30H30FN7O2. The van der Waals surface area contributed by atoms with E-state index in [1.165, 1.54) is 12.1 Å². The van der Waals surface area contributed by atoms with Gasteiger partial charge in [0.25, 0.3) is 5.56 Å². The fraction of sp³-hybridized carbons (Fsp3) is 0.267. The normalized spacial score (nSPS) is 14.9. The fourth-order valence-corrected chi connectivity index (χ4v) is 5.36. The molecule has 1 saturated heterocycles. The number of piperazine rings is 1. The summed E-state index contributed by atoms with van der Waals surface area (Å²) >= 11 is 0. The predicted octanol–water partition coefficient (Wildman–Crippen LogP) is 3.93. The molecule has 5 aromatic rings. The van der Waals surface area contributed by atoms with Crippen molar-refractivity contribution in [1.82, 2.24) is 30.1 Å². The van der Waals surface area contributed by atoms with Gasteiger partial charge in [-0.25, -0.2) is 9.07 Å². The molecule has 1 N–H and O–H groups in total. The van der Waals surface area contributed by atoms with Gasteiger partial charge in [-0.3, -0.25) is 9.69 Å². The number of fused-ring (bicyclic) bond motifs is 1. The maximum Gasteiger partial charge on any atom is 0.253 e. The summed E-state index contributed by atoms with van der Waals surface area (Å²) in [7, 11) is 1.64. The van der Waals surface area contributed by atoms with Gasteiger partial charge in [0.1, 0.15) is 17.6 Å². The van der Waals surface area contributed by atoms with Crippen LogP contribution in [0.25, 0.3) is 10.9 Å². The van der Waals surface area contributed by atoms with E-state index < -0.39 is 6.04 Å². The number of tetrazole rings is 1. The smallest absolute Gasteiger partial charge is 0.253 e. The summed E-state index contributed by atoms with van der Waals surface area (Å²) in [6, 6.07) is 21.8. The van der Waals surface area contributed by atoms with Crippen LogP contribution in [0.2, 0.25) is 0 Å². The zero-order chi connectivity index (χ0) is 27.6. The van der Waals surface area contributed by atoms with Crippen molar-refractivity contribution in [3.05, 3.63) is 111 Å². The standard InChI is InChI=1S/C30H30FN7O2/c1-20-3-12-27-22(17-20)18-26(30(39)32-27)28(37-15-13-36(14-16-37)24-8-6-23(31)7-9-24)29-33-34-35-38(29)19-21-4-10-25(40-2)11-5-21/h3-12,17-18,28H,13-16,19H2,1-2H3,(H,32,39)/t28-/m0/s1. The quantitative estimate of drug-likeness (QED) is 0.335. The summed E-state index contributed by atoms with van der Waals surface area (Å²) in [4.78, 5) is 21.1. The molecule has 0 spiro atoms. The largest absolute Gasteiger partial charge is 0.497 e. The van der Waals surface area contributed by atoms with Gasteiger partial charge in [-0.1, -0.05) is 23.8 Å². The van der Waals surface area contributed by atoms with E-state index in [-0.39, 0.29) is 11.4 Å². The summed E-state index contributed by atoms with van der Waals surface area (Å²) < 4.78 is 20.5. The Morgan fingerprint density at radius 2 is 1.73 bits per heavy atom. The number of aromatic nitrogens is 5. The molecule has 6 rings (SSSR count). The number of anilines is 1. The zero-order valence-corrected chi connectivity index (χ0v) is 22.4. The van der Waals surface area contributed by atoms with E-state index in [9.17, 15) is 9.18 Å². The highest BCUT2D eigenvalue weighted by Gasteiger charge is 2.33. The first-order chi connectivity index (χ1) is 19.5.